The first-order chi connectivity index (χ1) is 7.61. The number of carboxylic acid groups (broad SMARTS) is 2. The highest BCUT2D eigenvalue weighted by atomic mass is 16.4. The van der Waals surface area contributed by atoms with Crippen molar-refractivity contribution in [1.82, 2.24) is 0 Å². The summed E-state index contributed by atoms with van der Waals surface area (Å²) >= 11 is 0. The predicted octanol–water partition coefficient (Wildman–Crippen LogP) is 0.300. The molecule has 1 rings (SSSR count). The van der Waals surface area contributed by atoms with E-state index in [0.717, 1.165) is 14.2 Å². The first-order valence-corrected chi connectivity index (χ1v) is 4.07. The average Bonchev–Trinajstić information content (AvgIpc) is 2.34. The molecule has 0 amide bonds. The third kappa shape index (κ3) is 5.74. The Balaban J connectivity index is 0. The summed E-state index contributed by atoms with van der Waals surface area (Å²) in [6.07, 6.45) is 0. The maximum Gasteiger partial charge on any atom is 0.335 e. The van der Waals surface area contributed by atoms with E-state index in [9.17, 15) is 9.59 Å². The highest BCUT2D eigenvalue weighted by Crippen LogP contribution is 2.03. The van der Waals surface area contributed by atoms with Crippen LogP contribution < -0.4 is 0 Å². The molecule has 4 N–H and O–H groups in total. The van der Waals surface area contributed by atoms with E-state index in [-0.39, 0.29) is 11.1 Å². The maximum absolute atomic E-state index is 10.3. The predicted molar refractivity (Wildman–Crippen MR) is 56.6 cm³/mol. The average molecular weight is 230 g/mol. The number of aliphatic hydroxyl groups excluding tert-OH is 2. The minimum Gasteiger partial charge on any atom is -0.478 e. The van der Waals surface area contributed by atoms with Crippen LogP contribution in [-0.4, -0.2) is 46.6 Å². The first-order valence-electron chi connectivity index (χ1n) is 4.07. The van der Waals surface area contributed by atoms with Gasteiger partial charge in [0.15, 0.2) is 0 Å². The molecule has 90 valence electrons. The third-order valence-corrected chi connectivity index (χ3v) is 1.38. The van der Waals surface area contributed by atoms with Crippen molar-refractivity contribution in [2.24, 2.45) is 0 Å². The minimum absolute atomic E-state index is 0.0833. The molecular formula is C10H14O6. The van der Waals surface area contributed by atoms with Crippen LogP contribution >= 0.6 is 0 Å². The molecule has 0 unspecified atom stereocenters. The standard InChI is InChI=1S/C8H6O4.2CH4O/c9-7(10)5-1-2-6(4-3-5)8(11)12;2*1-2/h1-4H,(H,9,10)(H,11,12);2*2H,1H3. The van der Waals surface area contributed by atoms with Crippen LogP contribution in [0.1, 0.15) is 20.7 Å². The lowest BCUT2D eigenvalue weighted by Gasteiger charge is -1.94. The molecule has 16 heavy (non-hydrogen) atoms. The van der Waals surface area contributed by atoms with Crippen LogP contribution in [0.5, 0.6) is 0 Å². The Labute approximate surface area is 92.4 Å². The Morgan fingerprint density at radius 2 is 0.938 bits per heavy atom. The summed E-state index contributed by atoms with van der Waals surface area (Å²) in [5, 5.41) is 30.9. The van der Waals surface area contributed by atoms with E-state index >= 15 is 0 Å². The van der Waals surface area contributed by atoms with Gasteiger partial charge in [-0.2, -0.15) is 0 Å². The number of rotatable bonds is 2. The Morgan fingerprint density at radius 3 is 1.06 bits per heavy atom. The highest BCUT2D eigenvalue weighted by molar-refractivity contribution is 5.91. The van der Waals surface area contributed by atoms with Crippen molar-refractivity contribution in [1.29, 1.82) is 0 Å². The Hall–Kier alpha value is -1.92. The van der Waals surface area contributed by atoms with Gasteiger partial charge in [-0.3, -0.25) is 0 Å². The number of carboxylic acids is 2. The van der Waals surface area contributed by atoms with Crippen LogP contribution in [-0.2, 0) is 0 Å². The van der Waals surface area contributed by atoms with E-state index in [0.29, 0.717) is 0 Å². The summed E-state index contributed by atoms with van der Waals surface area (Å²) in [4.78, 5) is 20.7. The number of benzene rings is 1. The summed E-state index contributed by atoms with van der Waals surface area (Å²) in [5.74, 6) is -2.13. The summed E-state index contributed by atoms with van der Waals surface area (Å²) in [6.45, 7) is 0. The normalized spacial score (nSPS) is 7.75. The quantitative estimate of drug-likeness (QED) is 0.580. The molecule has 1 aromatic carbocycles. The lowest BCUT2D eigenvalue weighted by Crippen LogP contribution is -1.99. The fourth-order valence-electron chi connectivity index (χ4n) is 0.755. The summed E-state index contributed by atoms with van der Waals surface area (Å²) in [6, 6.07) is 5.02. The van der Waals surface area contributed by atoms with Gasteiger partial charge in [-0.15, -0.1) is 0 Å². The van der Waals surface area contributed by atoms with Crippen molar-refractivity contribution in [2.45, 2.75) is 0 Å². The molecular weight excluding hydrogens is 216 g/mol. The number of hydrogen-bond donors (Lipinski definition) is 4. The van der Waals surface area contributed by atoms with Crippen molar-refractivity contribution < 1.29 is 30.0 Å². The summed E-state index contributed by atoms with van der Waals surface area (Å²) < 4.78 is 0. The zero-order valence-electron chi connectivity index (χ0n) is 8.91. The molecule has 1 aromatic rings. The van der Waals surface area contributed by atoms with Gasteiger partial charge in [-0.1, -0.05) is 0 Å². The molecule has 0 spiro atoms. The summed E-state index contributed by atoms with van der Waals surface area (Å²) in [5.41, 5.74) is 0.167. The van der Waals surface area contributed by atoms with E-state index in [4.69, 9.17) is 20.4 Å². The second-order valence-electron chi connectivity index (χ2n) is 2.19. The SMILES string of the molecule is CO.CO.O=C(O)c1ccc(C(=O)O)cc1. The van der Waals surface area contributed by atoms with Crippen LogP contribution in [0.3, 0.4) is 0 Å². The molecule has 0 saturated carbocycles. The monoisotopic (exact) mass is 230 g/mol. The fraction of sp³-hybridized carbons (Fsp3) is 0.200. The molecule has 0 bridgehead atoms. The number of aromatic carboxylic acids is 2. The van der Waals surface area contributed by atoms with Crippen LogP contribution in [0.4, 0.5) is 0 Å². The fourth-order valence-corrected chi connectivity index (χ4v) is 0.755. The van der Waals surface area contributed by atoms with Crippen molar-refractivity contribution in [3.63, 3.8) is 0 Å². The van der Waals surface area contributed by atoms with Gasteiger partial charge in [0.2, 0.25) is 0 Å². The molecule has 6 heteroatoms. The lowest BCUT2D eigenvalue weighted by molar-refractivity contribution is 0.0681. The van der Waals surface area contributed by atoms with E-state index in [1.54, 1.807) is 0 Å². The lowest BCUT2D eigenvalue weighted by atomic mass is 10.1. The number of hydrogen-bond acceptors (Lipinski definition) is 4. The smallest absolute Gasteiger partial charge is 0.335 e. The molecule has 0 atom stereocenters. The Morgan fingerprint density at radius 1 is 0.750 bits per heavy atom. The van der Waals surface area contributed by atoms with Gasteiger partial charge in [0.1, 0.15) is 0 Å². The van der Waals surface area contributed by atoms with Crippen LogP contribution in [0.15, 0.2) is 24.3 Å². The van der Waals surface area contributed by atoms with Gasteiger partial charge in [-0.25, -0.2) is 9.59 Å². The minimum atomic E-state index is -1.06. The van der Waals surface area contributed by atoms with Gasteiger partial charge >= 0.3 is 11.9 Å². The van der Waals surface area contributed by atoms with Crippen molar-refractivity contribution >= 4 is 11.9 Å². The maximum atomic E-state index is 10.3. The molecule has 0 aliphatic rings. The van der Waals surface area contributed by atoms with Crippen molar-refractivity contribution in [2.75, 3.05) is 14.2 Å². The van der Waals surface area contributed by atoms with Gasteiger partial charge in [0.05, 0.1) is 11.1 Å². The topological polar surface area (TPSA) is 115 Å². The highest BCUT2D eigenvalue weighted by Gasteiger charge is 2.04. The molecule has 0 heterocycles. The van der Waals surface area contributed by atoms with Gasteiger partial charge in [0, 0.05) is 14.2 Å². The molecule has 0 aromatic heterocycles. The van der Waals surface area contributed by atoms with Crippen LogP contribution in [0.2, 0.25) is 0 Å². The van der Waals surface area contributed by atoms with Crippen LogP contribution in [0.25, 0.3) is 0 Å². The zero-order valence-corrected chi connectivity index (χ0v) is 8.91. The van der Waals surface area contributed by atoms with Gasteiger partial charge in [0.25, 0.3) is 0 Å². The second kappa shape index (κ2) is 9.63. The Kier molecular flexibility index (Phi) is 9.93. The summed E-state index contributed by atoms with van der Waals surface area (Å²) in [7, 11) is 2.00. The van der Waals surface area contributed by atoms with E-state index in [1.165, 1.54) is 24.3 Å². The molecule has 0 aliphatic carbocycles. The third-order valence-electron chi connectivity index (χ3n) is 1.38. The molecule has 0 fully saturated rings. The number of carbonyl (C=O) groups is 2. The molecule has 6 nitrogen and oxygen atoms in total. The van der Waals surface area contributed by atoms with Gasteiger partial charge < -0.3 is 20.4 Å². The number of aliphatic hydroxyl groups is 2. The van der Waals surface area contributed by atoms with E-state index in [2.05, 4.69) is 0 Å². The van der Waals surface area contributed by atoms with Crippen molar-refractivity contribution in [3.05, 3.63) is 35.4 Å². The van der Waals surface area contributed by atoms with Crippen LogP contribution in [0, 0.1) is 0 Å². The van der Waals surface area contributed by atoms with Gasteiger partial charge in [-0.05, 0) is 24.3 Å². The second-order valence-corrected chi connectivity index (χ2v) is 2.19. The zero-order chi connectivity index (χ0) is 13.1. The van der Waals surface area contributed by atoms with E-state index < -0.39 is 11.9 Å². The Bertz CT molecular complexity index is 284. The van der Waals surface area contributed by atoms with Crippen molar-refractivity contribution in [3.8, 4) is 0 Å². The molecule has 0 radical (unpaired) electrons. The van der Waals surface area contributed by atoms with E-state index in [1.807, 2.05) is 0 Å². The largest absolute Gasteiger partial charge is 0.478 e. The first kappa shape index (κ1) is 16.5. The molecule has 0 aliphatic heterocycles. The molecule has 0 saturated heterocycles.